The number of imide groups is 1. The molecule has 0 aromatic carbocycles. The van der Waals surface area contributed by atoms with Crippen LogP contribution in [0.5, 0.6) is 0 Å². The molecule has 0 atom stereocenters. The maximum absolute atomic E-state index is 11.7. The molecule has 1 aliphatic rings. The van der Waals surface area contributed by atoms with Crippen molar-refractivity contribution in [2.45, 2.75) is 19.4 Å². The van der Waals surface area contributed by atoms with Gasteiger partial charge in [0.05, 0.1) is 7.11 Å². The fourth-order valence-corrected chi connectivity index (χ4v) is 1.40. The van der Waals surface area contributed by atoms with Gasteiger partial charge in [0.15, 0.2) is 0 Å². The van der Waals surface area contributed by atoms with E-state index in [1.54, 1.807) is 13.8 Å². The van der Waals surface area contributed by atoms with Gasteiger partial charge in [-0.25, -0.2) is 4.79 Å². The highest BCUT2D eigenvalue weighted by molar-refractivity contribution is 6.08. The molecule has 0 saturated carbocycles. The molecule has 0 unspecified atom stereocenters. The predicted octanol–water partition coefficient (Wildman–Crippen LogP) is -1.39. The van der Waals surface area contributed by atoms with Crippen molar-refractivity contribution in [3.63, 3.8) is 0 Å². The third-order valence-corrected chi connectivity index (χ3v) is 2.40. The summed E-state index contributed by atoms with van der Waals surface area (Å²) in [6.07, 6.45) is 0. The number of rotatable bonds is 4. The zero-order chi connectivity index (χ0) is 13.9. The smallest absolute Gasteiger partial charge is 0.325 e. The molecular formula is C10H15N3O5. The molecule has 1 rings (SSSR count). The number of nitrogens with zero attached hydrogens (tertiary/aromatic N) is 1. The van der Waals surface area contributed by atoms with E-state index < -0.39 is 35.9 Å². The Labute approximate surface area is 104 Å². The van der Waals surface area contributed by atoms with Crippen LogP contribution in [0.25, 0.3) is 0 Å². The first-order chi connectivity index (χ1) is 8.27. The van der Waals surface area contributed by atoms with Gasteiger partial charge in [-0.05, 0) is 13.8 Å². The normalized spacial score (nSPS) is 17.4. The first-order valence-corrected chi connectivity index (χ1v) is 5.25. The summed E-state index contributed by atoms with van der Waals surface area (Å²) < 4.78 is 4.33. The van der Waals surface area contributed by atoms with Crippen LogP contribution in [0.4, 0.5) is 4.79 Å². The highest BCUT2D eigenvalue weighted by atomic mass is 16.5. The van der Waals surface area contributed by atoms with Gasteiger partial charge in [0.25, 0.3) is 5.91 Å². The molecule has 4 amide bonds. The predicted molar refractivity (Wildman–Crippen MR) is 59.3 cm³/mol. The summed E-state index contributed by atoms with van der Waals surface area (Å²) in [7, 11) is 1.19. The van der Waals surface area contributed by atoms with Crippen molar-refractivity contribution in [1.29, 1.82) is 0 Å². The second-order valence-electron chi connectivity index (χ2n) is 4.30. The van der Waals surface area contributed by atoms with E-state index in [-0.39, 0.29) is 6.54 Å². The van der Waals surface area contributed by atoms with Gasteiger partial charge in [0, 0.05) is 0 Å². The first kappa shape index (κ1) is 13.9. The number of carbonyl (C=O) groups is 4. The minimum atomic E-state index is -1.01. The molecule has 100 valence electrons. The lowest BCUT2D eigenvalue weighted by molar-refractivity contribution is -0.141. The Kier molecular flexibility index (Phi) is 3.89. The fourth-order valence-electron chi connectivity index (χ4n) is 1.40. The van der Waals surface area contributed by atoms with Gasteiger partial charge in [-0.2, -0.15) is 0 Å². The maximum atomic E-state index is 11.7. The summed E-state index contributed by atoms with van der Waals surface area (Å²) in [5.74, 6) is -1.71. The molecule has 1 saturated heterocycles. The van der Waals surface area contributed by atoms with Gasteiger partial charge in [-0.15, -0.1) is 0 Å². The van der Waals surface area contributed by atoms with Gasteiger partial charge in [0.1, 0.15) is 18.6 Å². The van der Waals surface area contributed by atoms with Crippen LogP contribution in [0.2, 0.25) is 0 Å². The van der Waals surface area contributed by atoms with Crippen LogP contribution in [0, 0.1) is 0 Å². The fraction of sp³-hybridized carbons (Fsp3) is 0.600. The molecule has 0 aromatic rings. The van der Waals surface area contributed by atoms with Crippen LogP contribution in [-0.4, -0.2) is 54.5 Å². The van der Waals surface area contributed by atoms with Crippen molar-refractivity contribution in [2.24, 2.45) is 0 Å². The third kappa shape index (κ3) is 2.96. The largest absolute Gasteiger partial charge is 0.468 e. The topological polar surface area (TPSA) is 105 Å². The zero-order valence-electron chi connectivity index (χ0n) is 10.4. The van der Waals surface area contributed by atoms with Crippen molar-refractivity contribution < 1.29 is 23.9 Å². The lowest BCUT2D eigenvalue weighted by atomic mass is 10.1. The molecular weight excluding hydrogens is 242 g/mol. The highest BCUT2D eigenvalue weighted by Gasteiger charge is 2.44. The number of hydrogen-bond donors (Lipinski definition) is 2. The molecule has 0 radical (unpaired) electrons. The van der Waals surface area contributed by atoms with E-state index in [1.807, 2.05) is 0 Å². The van der Waals surface area contributed by atoms with Crippen LogP contribution in [-0.2, 0) is 19.1 Å². The molecule has 8 nitrogen and oxygen atoms in total. The number of urea groups is 1. The van der Waals surface area contributed by atoms with Crippen molar-refractivity contribution >= 4 is 23.8 Å². The summed E-state index contributed by atoms with van der Waals surface area (Å²) in [5, 5.41) is 4.68. The summed E-state index contributed by atoms with van der Waals surface area (Å²) in [4.78, 5) is 46.2. The van der Waals surface area contributed by atoms with E-state index in [0.717, 1.165) is 4.90 Å². The molecule has 18 heavy (non-hydrogen) atoms. The van der Waals surface area contributed by atoms with Crippen LogP contribution in [0.3, 0.4) is 0 Å². The molecule has 2 N–H and O–H groups in total. The third-order valence-electron chi connectivity index (χ3n) is 2.40. The SMILES string of the molecule is COC(=O)CNC(=O)CN1C(=O)NC(C)(C)C1=O. The van der Waals surface area contributed by atoms with Gasteiger partial charge in [-0.3, -0.25) is 19.3 Å². The number of hydrogen-bond acceptors (Lipinski definition) is 5. The van der Waals surface area contributed by atoms with E-state index >= 15 is 0 Å². The Hall–Kier alpha value is -2.12. The van der Waals surface area contributed by atoms with Gasteiger partial charge >= 0.3 is 12.0 Å². The van der Waals surface area contributed by atoms with Gasteiger partial charge in [-0.1, -0.05) is 0 Å². The lowest BCUT2D eigenvalue weighted by Crippen LogP contribution is -2.44. The van der Waals surface area contributed by atoms with Gasteiger partial charge < -0.3 is 15.4 Å². The van der Waals surface area contributed by atoms with Gasteiger partial charge in [0.2, 0.25) is 5.91 Å². The summed E-state index contributed by atoms with van der Waals surface area (Å²) >= 11 is 0. The van der Waals surface area contributed by atoms with Crippen LogP contribution in [0.1, 0.15) is 13.8 Å². The van der Waals surface area contributed by atoms with E-state index in [1.165, 1.54) is 7.11 Å². The van der Waals surface area contributed by atoms with E-state index in [2.05, 4.69) is 15.4 Å². The number of carbonyl (C=O) groups excluding carboxylic acids is 4. The summed E-state index contributed by atoms with van der Waals surface area (Å²) in [6, 6.07) is -0.627. The molecule has 8 heteroatoms. The number of methoxy groups -OCH3 is 1. The Morgan fingerprint density at radius 1 is 1.39 bits per heavy atom. The molecule has 0 spiro atoms. The standard InChI is InChI=1S/C10H15N3O5/c1-10(2)8(16)13(9(17)12-10)5-6(14)11-4-7(15)18-3/h4-5H2,1-3H3,(H,11,14)(H,12,17). The number of esters is 1. The number of amides is 4. The maximum Gasteiger partial charge on any atom is 0.325 e. The van der Waals surface area contributed by atoms with Crippen LogP contribution in [0.15, 0.2) is 0 Å². The second-order valence-corrected chi connectivity index (χ2v) is 4.30. The zero-order valence-corrected chi connectivity index (χ0v) is 10.4. The number of nitrogens with one attached hydrogen (secondary N) is 2. The quantitative estimate of drug-likeness (QED) is 0.476. The minimum absolute atomic E-state index is 0.303. The monoisotopic (exact) mass is 257 g/mol. The van der Waals surface area contributed by atoms with Crippen LogP contribution >= 0.6 is 0 Å². The minimum Gasteiger partial charge on any atom is -0.468 e. The average molecular weight is 257 g/mol. The molecule has 1 aliphatic heterocycles. The average Bonchev–Trinajstić information content (AvgIpc) is 2.48. The Balaban J connectivity index is 2.53. The second kappa shape index (κ2) is 5.03. The van der Waals surface area contributed by atoms with E-state index in [4.69, 9.17) is 0 Å². The van der Waals surface area contributed by atoms with Crippen molar-refractivity contribution in [2.75, 3.05) is 20.2 Å². The summed E-state index contributed by atoms with van der Waals surface area (Å²) in [6.45, 7) is 2.35. The molecule has 0 aliphatic carbocycles. The highest BCUT2D eigenvalue weighted by Crippen LogP contribution is 2.15. The molecule has 0 bridgehead atoms. The van der Waals surface area contributed by atoms with Crippen molar-refractivity contribution in [1.82, 2.24) is 15.5 Å². The van der Waals surface area contributed by atoms with E-state index in [0.29, 0.717) is 0 Å². The van der Waals surface area contributed by atoms with Crippen molar-refractivity contribution in [3.05, 3.63) is 0 Å². The Morgan fingerprint density at radius 3 is 2.44 bits per heavy atom. The Morgan fingerprint density at radius 2 is 2.00 bits per heavy atom. The lowest BCUT2D eigenvalue weighted by Gasteiger charge is -2.15. The van der Waals surface area contributed by atoms with Crippen LogP contribution < -0.4 is 10.6 Å². The molecule has 1 heterocycles. The first-order valence-electron chi connectivity index (χ1n) is 5.25. The number of ether oxygens (including phenoxy) is 1. The molecule has 1 fully saturated rings. The summed E-state index contributed by atoms with van der Waals surface area (Å²) in [5.41, 5.74) is -1.01. The van der Waals surface area contributed by atoms with E-state index in [9.17, 15) is 19.2 Å². The Bertz CT molecular complexity index is 404. The molecule has 0 aromatic heterocycles. The van der Waals surface area contributed by atoms with Crippen molar-refractivity contribution in [3.8, 4) is 0 Å².